The topological polar surface area (TPSA) is 93.4 Å². The van der Waals surface area contributed by atoms with Gasteiger partial charge >= 0.3 is 5.97 Å². The Hall–Kier alpha value is -2.39. The fourth-order valence-electron chi connectivity index (χ4n) is 1.66. The van der Waals surface area contributed by atoms with Crippen molar-refractivity contribution >= 4 is 17.6 Å². The number of carbonyl (C=O) groups excluding carboxylic acids is 1. The Kier molecular flexibility index (Phi) is 5.69. The molecule has 6 heteroatoms. The lowest BCUT2D eigenvalue weighted by Gasteiger charge is -2.23. The minimum absolute atomic E-state index is 0.0380. The Labute approximate surface area is 117 Å². The molecule has 0 heterocycles. The van der Waals surface area contributed by atoms with Gasteiger partial charge in [0.25, 0.3) is 0 Å². The Balaban J connectivity index is 2.71. The first-order chi connectivity index (χ1) is 9.43. The van der Waals surface area contributed by atoms with E-state index in [0.717, 1.165) is 0 Å². The molecule has 2 N–H and O–H groups in total. The van der Waals surface area contributed by atoms with Gasteiger partial charge in [-0.25, -0.2) is 0 Å². The highest BCUT2D eigenvalue weighted by atomic mass is 16.4. The van der Waals surface area contributed by atoms with Gasteiger partial charge in [0.2, 0.25) is 5.91 Å². The van der Waals surface area contributed by atoms with Crippen molar-refractivity contribution in [2.24, 2.45) is 0 Å². The third kappa shape index (κ3) is 4.71. The highest BCUT2D eigenvalue weighted by Gasteiger charge is 2.17. The van der Waals surface area contributed by atoms with Crippen LogP contribution in [0.15, 0.2) is 24.3 Å². The fourth-order valence-corrected chi connectivity index (χ4v) is 1.66. The molecule has 1 amide bonds. The lowest BCUT2D eigenvalue weighted by Crippen LogP contribution is -2.41. The van der Waals surface area contributed by atoms with Gasteiger partial charge in [-0.15, -0.1) is 0 Å². The van der Waals surface area contributed by atoms with Crippen LogP contribution in [0.1, 0.15) is 19.4 Å². The molecule has 0 aromatic heterocycles. The summed E-state index contributed by atoms with van der Waals surface area (Å²) in [6, 6.07) is 8.58. The van der Waals surface area contributed by atoms with Gasteiger partial charge in [-0.3, -0.25) is 14.5 Å². The number of anilines is 1. The van der Waals surface area contributed by atoms with Crippen molar-refractivity contribution in [3.63, 3.8) is 0 Å². The number of carboxylic acid groups (broad SMARTS) is 1. The van der Waals surface area contributed by atoms with Gasteiger partial charge in [-0.1, -0.05) is 12.1 Å². The Morgan fingerprint density at radius 1 is 1.35 bits per heavy atom. The van der Waals surface area contributed by atoms with Crippen LogP contribution in [0.5, 0.6) is 0 Å². The number of nitriles is 1. The van der Waals surface area contributed by atoms with Gasteiger partial charge in [-0.2, -0.15) is 5.26 Å². The molecule has 0 bridgehead atoms. The smallest absolute Gasteiger partial charge is 0.317 e. The standard InChI is InChI=1S/C14H17N3O3/c1-10(2)17(9-14(19)20)8-13(18)16-12-6-4-3-5-11(12)7-15/h3-6,10H,8-9H2,1-2H3,(H,16,18)(H,19,20). The molecule has 20 heavy (non-hydrogen) atoms. The Bertz CT molecular complexity index is 535. The molecule has 0 fully saturated rings. The van der Waals surface area contributed by atoms with Gasteiger partial charge in [0.05, 0.1) is 24.3 Å². The number of aliphatic carboxylic acids is 1. The fraction of sp³-hybridized carbons (Fsp3) is 0.357. The number of hydrogen-bond acceptors (Lipinski definition) is 4. The van der Waals surface area contributed by atoms with Gasteiger partial charge < -0.3 is 10.4 Å². The molecule has 0 saturated carbocycles. The zero-order valence-electron chi connectivity index (χ0n) is 11.5. The van der Waals surface area contributed by atoms with Crippen LogP contribution in [-0.4, -0.2) is 41.0 Å². The summed E-state index contributed by atoms with van der Waals surface area (Å²) in [5, 5.41) is 20.4. The van der Waals surface area contributed by atoms with Gasteiger partial charge in [-0.05, 0) is 26.0 Å². The molecular weight excluding hydrogens is 258 g/mol. The molecule has 0 spiro atoms. The lowest BCUT2D eigenvalue weighted by molar-refractivity contribution is -0.139. The number of nitrogens with one attached hydrogen (secondary N) is 1. The van der Waals surface area contributed by atoms with E-state index < -0.39 is 5.97 Å². The molecule has 0 aliphatic heterocycles. The van der Waals surface area contributed by atoms with Crippen LogP contribution in [0.25, 0.3) is 0 Å². The number of carbonyl (C=O) groups is 2. The quantitative estimate of drug-likeness (QED) is 0.816. The summed E-state index contributed by atoms with van der Waals surface area (Å²) in [5.74, 6) is -1.33. The largest absolute Gasteiger partial charge is 0.480 e. The van der Waals surface area contributed by atoms with Crippen molar-refractivity contribution in [2.75, 3.05) is 18.4 Å². The first-order valence-electron chi connectivity index (χ1n) is 6.19. The van der Waals surface area contributed by atoms with Gasteiger partial charge in [0.1, 0.15) is 6.07 Å². The third-order valence-corrected chi connectivity index (χ3v) is 2.74. The summed E-state index contributed by atoms with van der Waals surface area (Å²) in [6.45, 7) is 3.40. The van der Waals surface area contributed by atoms with E-state index in [4.69, 9.17) is 10.4 Å². The van der Waals surface area contributed by atoms with Crippen LogP contribution < -0.4 is 5.32 Å². The molecule has 0 unspecified atom stereocenters. The first kappa shape index (κ1) is 15.7. The van der Waals surface area contributed by atoms with E-state index in [-0.39, 0.29) is 25.0 Å². The summed E-state index contributed by atoms with van der Waals surface area (Å²) in [6.07, 6.45) is 0. The van der Waals surface area contributed by atoms with E-state index >= 15 is 0 Å². The summed E-state index contributed by atoms with van der Waals surface area (Å²) in [5.41, 5.74) is 0.800. The molecule has 0 radical (unpaired) electrons. The number of rotatable bonds is 6. The van der Waals surface area contributed by atoms with Crippen molar-refractivity contribution in [2.45, 2.75) is 19.9 Å². The number of amides is 1. The molecule has 6 nitrogen and oxygen atoms in total. The van der Waals surface area contributed by atoms with Crippen LogP contribution in [0.3, 0.4) is 0 Å². The monoisotopic (exact) mass is 275 g/mol. The van der Waals surface area contributed by atoms with Crippen molar-refractivity contribution in [1.29, 1.82) is 5.26 Å². The highest BCUT2D eigenvalue weighted by molar-refractivity contribution is 5.93. The van der Waals surface area contributed by atoms with E-state index in [9.17, 15) is 9.59 Å². The van der Waals surface area contributed by atoms with E-state index in [1.54, 1.807) is 24.3 Å². The zero-order valence-corrected chi connectivity index (χ0v) is 11.5. The normalized spacial score (nSPS) is 10.3. The van der Waals surface area contributed by atoms with Gasteiger partial charge in [0, 0.05) is 6.04 Å². The van der Waals surface area contributed by atoms with Crippen LogP contribution in [-0.2, 0) is 9.59 Å². The highest BCUT2D eigenvalue weighted by Crippen LogP contribution is 2.13. The molecular formula is C14H17N3O3. The third-order valence-electron chi connectivity index (χ3n) is 2.74. The summed E-state index contributed by atoms with van der Waals surface area (Å²) < 4.78 is 0. The number of hydrogen-bond donors (Lipinski definition) is 2. The summed E-state index contributed by atoms with van der Waals surface area (Å²) >= 11 is 0. The van der Waals surface area contributed by atoms with Crippen LogP contribution in [0.2, 0.25) is 0 Å². The first-order valence-corrected chi connectivity index (χ1v) is 6.19. The van der Waals surface area contributed by atoms with E-state index in [2.05, 4.69) is 5.32 Å². The molecule has 0 atom stereocenters. The number of benzene rings is 1. The Morgan fingerprint density at radius 2 is 2.00 bits per heavy atom. The van der Waals surface area contributed by atoms with Crippen molar-refractivity contribution in [3.8, 4) is 6.07 Å². The number of para-hydroxylation sites is 1. The van der Waals surface area contributed by atoms with Crippen LogP contribution in [0.4, 0.5) is 5.69 Å². The molecule has 1 rings (SSSR count). The maximum atomic E-state index is 11.9. The molecule has 0 saturated heterocycles. The SMILES string of the molecule is CC(C)N(CC(=O)O)CC(=O)Nc1ccccc1C#N. The van der Waals surface area contributed by atoms with E-state index in [0.29, 0.717) is 11.3 Å². The van der Waals surface area contributed by atoms with Gasteiger partial charge in [0.15, 0.2) is 0 Å². The lowest BCUT2D eigenvalue weighted by atomic mass is 10.2. The predicted molar refractivity (Wildman–Crippen MR) is 74.1 cm³/mol. The molecule has 1 aromatic carbocycles. The van der Waals surface area contributed by atoms with Crippen LogP contribution in [0, 0.1) is 11.3 Å². The molecule has 1 aromatic rings. The minimum Gasteiger partial charge on any atom is -0.480 e. The second-order valence-electron chi connectivity index (χ2n) is 4.60. The number of carboxylic acids is 1. The van der Waals surface area contributed by atoms with Crippen LogP contribution >= 0.6 is 0 Å². The average molecular weight is 275 g/mol. The maximum Gasteiger partial charge on any atom is 0.317 e. The molecule has 106 valence electrons. The second kappa shape index (κ2) is 7.26. The van der Waals surface area contributed by atoms with Crippen molar-refractivity contribution in [3.05, 3.63) is 29.8 Å². The summed E-state index contributed by atoms with van der Waals surface area (Å²) in [7, 11) is 0. The molecule has 0 aliphatic rings. The predicted octanol–water partition coefficient (Wildman–Crippen LogP) is 1.29. The van der Waals surface area contributed by atoms with Crippen molar-refractivity contribution in [1.82, 2.24) is 4.90 Å². The maximum absolute atomic E-state index is 11.9. The Morgan fingerprint density at radius 3 is 2.55 bits per heavy atom. The summed E-state index contributed by atoms with van der Waals surface area (Å²) in [4.78, 5) is 24.2. The minimum atomic E-state index is -0.982. The second-order valence-corrected chi connectivity index (χ2v) is 4.60. The molecule has 0 aliphatic carbocycles. The van der Waals surface area contributed by atoms with E-state index in [1.165, 1.54) is 4.90 Å². The van der Waals surface area contributed by atoms with E-state index in [1.807, 2.05) is 19.9 Å². The van der Waals surface area contributed by atoms with Crippen molar-refractivity contribution < 1.29 is 14.7 Å². The number of nitrogens with zero attached hydrogens (tertiary/aromatic N) is 2. The zero-order chi connectivity index (χ0) is 15.1. The average Bonchev–Trinajstić information content (AvgIpc) is 2.37.